The van der Waals surface area contributed by atoms with E-state index in [1.165, 1.54) is 10.6 Å². The molecule has 0 fully saturated rings. The van der Waals surface area contributed by atoms with Gasteiger partial charge >= 0.3 is 0 Å². The van der Waals surface area contributed by atoms with E-state index < -0.39 is 10.0 Å². The number of carbonyl (C=O) groups is 1. The molecule has 0 atom stereocenters. The molecule has 0 bridgehead atoms. The number of rotatable bonds is 10. The number of sulfonamides is 1. The molecule has 1 rings (SSSR count). The van der Waals surface area contributed by atoms with E-state index in [0.717, 1.165) is 24.9 Å². The Morgan fingerprint density at radius 2 is 1.83 bits per heavy atom. The fraction of sp³-hybridized carbons (Fsp3) is 0.588. The van der Waals surface area contributed by atoms with Crippen molar-refractivity contribution in [3.8, 4) is 0 Å². The van der Waals surface area contributed by atoms with Crippen molar-refractivity contribution >= 4 is 21.6 Å². The number of para-hydroxylation sites is 1. The highest BCUT2D eigenvalue weighted by atomic mass is 32.2. The van der Waals surface area contributed by atoms with Crippen LogP contribution in [-0.4, -0.2) is 59.2 Å². The first-order valence-electron chi connectivity index (χ1n) is 8.22. The van der Waals surface area contributed by atoms with E-state index >= 15 is 0 Å². The Morgan fingerprint density at radius 1 is 1.17 bits per heavy atom. The monoisotopic (exact) mass is 355 g/mol. The van der Waals surface area contributed by atoms with E-state index in [4.69, 9.17) is 0 Å². The van der Waals surface area contributed by atoms with Crippen molar-refractivity contribution in [3.63, 3.8) is 0 Å². The van der Waals surface area contributed by atoms with Gasteiger partial charge in [0.2, 0.25) is 15.9 Å². The number of nitrogens with one attached hydrogen (secondary N) is 1. The quantitative estimate of drug-likeness (QED) is 0.645. The van der Waals surface area contributed by atoms with E-state index in [-0.39, 0.29) is 18.9 Å². The first-order chi connectivity index (χ1) is 11.3. The number of benzene rings is 1. The lowest BCUT2D eigenvalue weighted by Crippen LogP contribution is -2.35. The zero-order valence-corrected chi connectivity index (χ0v) is 15.9. The molecular formula is C17H29N3O3S. The Hall–Kier alpha value is -1.60. The molecule has 136 valence electrons. The molecular weight excluding hydrogens is 326 g/mol. The SMILES string of the molecule is CCc1ccccc1N(CCC(=O)NCCCN(C)C)S(C)(=O)=O. The minimum Gasteiger partial charge on any atom is -0.356 e. The predicted octanol–water partition coefficient (Wildman–Crippen LogP) is 1.47. The number of hydrogen-bond donors (Lipinski definition) is 1. The molecule has 0 aliphatic carbocycles. The number of anilines is 1. The molecule has 24 heavy (non-hydrogen) atoms. The summed E-state index contributed by atoms with van der Waals surface area (Å²) in [6.07, 6.45) is 2.92. The van der Waals surface area contributed by atoms with Crippen LogP contribution in [0.5, 0.6) is 0 Å². The van der Waals surface area contributed by atoms with Crippen molar-refractivity contribution in [1.82, 2.24) is 10.2 Å². The average Bonchev–Trinajstić information content (AvgIpc) is 2.50. The maximum atomic E-state index is 12.1. The van der Waals surface area contributed by atoms with Gasteiger partial charge < -0.3 is 10.2 Å². The predicted molar refractivity (Wildman–Crippen MR) is 98.8 cm³/mol. The number of hydrogen-bond acceptors (Lipinski definition) is 4. The molecule has 0 unspecified atom stereocenters. The number of aryl methyl sites for hydroxylation is 1. The first-order valence-corrected chi connectivity index (χ1v) is 10.1. The molecule has 0 saturated carbocycles. The standard InChI is InChI=1S/C17H29N3O3S/c1-5-15-9-6-7-10-16(15)20(24(4,22)23)14-11-17(21)18-12-8-13-19(2)3/h6-7,9-10H,5,8,11-14H2,1-4H3,(H,18,21). The van der Waals surface area contributed by atoms with Crippen molar-refractivity contribution in [3.05, 3.63) is 29.8 Å². The Labute approximate surface area is 145 Å². The summed E-state index contributed by atoms with van der Waals surface area (Å²) in [5.74, 6) is -0.128. The van der Waals surface area contributed by atoms with Crippen LogP contribution in [0.1, 0.15) is 25.3 Å². The van der Waals surface area contributed by atoms with Crippen LogP contribution in [0.15, 0.2) is 24.3 Å². The number of nitrogens with zero attached hydrogens (tertiary/aromatic N) is 2. The minimum absolute atomic E-state index is 0.128. The van der Waals surface area contributed by atoms with E-state index in [0.29, 0.717) is 12.2 Å². The van der Waals surface area contributed by atoms with Crippen molar-refractivity contribution in [1.29, 1.82) is 0 Å². The van der Waals surface area contributed by atoms with Gasteiger partial charge in [0.15, 0.2) is 0 Å². The zero-order chi connectivity index (χ0) is 18.2. The minimum atomic E-state index is -3.44. The van der Waals surface area contributed by atoms with E-state index in [2.05, 4.69) is 10.2 Å². The van der Waals surface area contributed by atoms with Gasteiger partial charge in [0, 0.05) is 19.5 Å². The van der Waals surface area contributed by atoms with Gasteiger partial charge in [-0.1, -0.05) is 25.1 Å². The third-order valence-corrected chi connectivity index (χ3v) is 4.87. The molecule has 0 radical (unpaired) electrons. The highest BCUT2D eigenvalue weighted by Gasteiger charge is 2.20. The van der Waals surface area contributed by atoms with Crippen LogP contribution in [0, 0.1) is 0 Å². The van der Waals surface area contributed by atoms with Gasteiger partial charge in [-0.25, -0.2) is 8.42 Å². The van der Waals surface area contributed by atoms with Gasteiger partial charge in [0.1, 0.15) is 0 Å². The summed E-state index contributed by atoms with van der Waals surface area (Å²) >= 11 is 0. The number of amides is 1. The topological polar surface area (TPSA) is 69.7 Å². The molecule has 7 heteroatoms. The molecule has 0 aliphatic rings. The molecule has 0 spiro atoms. The average molecular weight is 356 g/mol. The van der Waals surface area contributed by atoms with Gasteiger partial charge in [-0.3, -0.25) is 9.10 Å². The van der Waals surface area contributed by atoms with E-state index in [1.807, 2.05) is 39.2 Å². The third-order valence-electron chi connectivity index (χ3n) is 3.69. The van der Waals surface area contributed by atoms with Crippen molar-refractivity contribution in [2.75, 3.05) is 44.3 Å². The van der Waals surface area contributed by atoms with Gasteiger partial charge in [0.05, 0.1) is 11.9 Å². The maximum Gasteiger partial charge on any atom is 0.232 e. The van der Waals surface area contributed by atoms with Crippen LogP contribution in [0.3, 0.4) is 0 Å². The normalized spacial score (nSPS) is 11.5. The molecule has 1 N–H and O–H groups in total. The van der Waals surface area contributed by atoms with Gasteiger partial charge in [0.25, 0.3) is 0 Å². The molecule has 6 nitrogen and oxygen atoms in total. The molecule has 0 heterocycles. The maximum absolute atomic E-state index is 12.1. The van der Waals surface area contributed by atoms with Gasteiger partial charge in [-0.15, -0.1) is 0 Å². The summed E-state index contributed by atoms with van der Waals surface area (Å²) < 4.78 is 25.6. The second kappa shape index (κ2) is 9.64. The summed E-state index contributed by atoms with van der Waals surface area (Å²) in [4.78, 5) is 14.0. The Kier molecular flexibility index (Phi) is 8.21. The first kappa shape index (κ1) is 20.4. The van der Waals surface area contributed by atoms with Crippen molar-refractivity contribution in [2.24, 2.45) is 0 Å². The number of carbonyl (C=O) groups excluding carboxylic acids is 1. The van der Waals surface area contributed by atoms with E-state index in [9.17, 15) is 13.2 Å². The van der Waals surface area contributed by atoms with Crippen molar-refractivity contribution in [2.45, 2.75) is 26.2 Å². The molecule has 0 saturated heterocycles. The molecule has 1 aromatic carbocycles. The van der Waals surface area contributed by atoms with Gasteiger partial charge in [-0.05, 0) is 45.1 Å². The Morgan fingerprint density at radius 3 is 2.42 bits per heavy atom. The Balaban J connectivity index is 2.67. The van der Waals surface area contributed by atoms with Gasteiger partial charge in [-0.2, -0.15) is 0 Å². The fourth-order valence-electron chi connectivity index (χ4n) is 2.43. The fourth-order valence-corrected chi connectivity index (χ4v) is 3.39. The lowest BCUT2D eigenvalue weighted by atomic mass is 10.1. The van der Waals surface area contributed by atoms with Crippen LogP contribution < -0.4 is 9.62 Å². The zero-order valence-electron chi connectivity index (χ0n) is 15.1. The van der Waals surface area contributed by atoms with Crippen molar-refractivity contribution < 1.29 is 13.2 Å². The highest BCUT2D eigenvalue weighted by Crippen LogP contribution is 2.23. The smallest absolute Gasteiger partial charge is 0.232 e. The Bertz CT molecular complexity index is 630. The second-order valence-corrected chi connectivity index (χ2v) is 7.98. The highest BCUT2D eigenvalue weighted by molar-refractivity contribution is 7.92. The lowest BCUT2D eigenvalue weighted by molar-refractivity contribution is -0.120. The third kappa shape index (κ3) is 6.88. The summed E-state index contributed by atoms with van der Waals surface area (Å²) in [6.45, 7) is 3.63. The summed E-state index contributed by atoms with van der Waals surface area (Å²) in [7, 11) is 0.530. The summed E-state index contributed by atoms with van der Waals surface area (Å²) in [6, 6.07) is 7.40. The molecule has 1 amide bonds. The lowest BCUT2D eigenvalue weighted by Gasteiger charge is -2.24. The molecule has 1 aromatic rings. The van der Waals surface area contributed by atoms with Crippen LogP contribution in [0.2, 0.25) is 0 Å². The molecule has 0 aliphatic heterocycles. The molecule has 0 aromatic heterocycles. The van der Waals surface area contributed by atoms with Crippen LogP contribution in [0.25, 0.3) is 0 Å². The van der Waals surface area contributed by atoms with Crippen LogP contribution in [-0.2, 0) is 21.2 Å². The van der Waals surface area contributed by atoms with E-state index in [1.54, 1.807) is 6.07 Å². The van der Waals surface area contributed by atoms with Crippen LogP contribution >= 0.6 is 0 Å². The summed E-state index contributed by atoms with van der Waals surface area (Å²) in [5.41, 5.74) is 1.61. The summed E-state index contributed by atoms with van der Waals surface area (Å²) in [5, 5.41) is 2.84. The second-order valence-electron chi connectivity index (χ2n) is 6.07. The van der Waals surface area contributed by atoms with Crippen LogP contribution in [0.4, 0.5) is 5.69 Å². The largest absolute Gasteiger partial charge is 0.356 e.